The van der Waals surface area contributed by atoms with Crippen molar-refractivity contribution >= 4 is 0 Å². The van der Waals surface area contributed by atoms with E-state index in [0.29, 0.717) is 12.2 Å². The Kier molecular flexibility index (Phi) is 5.38. The van der Waals surface area contributed by atoms with Crippen molar-refractivity contribution in [3.8, 4) is 5.75 Å². The van der Waals surface area contributed by atoms with Gasteiger partial charge in [0.25, 0.3) is 0 Å². The minimum atomic E-state index is -0.341. The van der Waals surface area contributed by atoms with Gasteiger partial charge in [0.05, 0.1) is 6.61 Å². The van der Waals surface area contributed by atoms with Gasteiger partial charge in [0.15, 0.2) is 0 Å². The molecule has 4 heteroatoms. The molecule has 0 saturated carbocycles. The molecule has 96 valence electrons. The summed E-state index contributed by atoms with van der Waals surface area (Å²) in [6, 6.07) is 4.05. The molecule has 1 aromatic rings. The molecule has 0 spiro atoms. The van der Waals surface area contributed by atoms with Gasteiger partial charge in [0.2, 0.25) is 0 Å². The van der Waals surface area contributed by atoms with Crippen LogP contribution in [0.4, 0.5) is 4.39 Å². The number of phenols is 1. The van der Waals surface area contributed by atoms with Crippen molar-refractivity contribution in [2.24, 2.45) is 0 Å². The topological polar surface area (TPSA) is 41.5 Å². The molecule has 0 aliphatic heterocycles. The molecule has 0 aliphatic rings. The van der Waals surface area contributed by atoms with Crippen LogP contribution in [0.1, 0.15) is 31.9 Å². The zero-order valence-electron chi connectivity index (χ0n) is 10.5. The first-order valence-electron chi connectivity index (χ1n) is 5.81. The fourth-order valence-corrected chi connectivity index (χ4v) is 1.80. The van der Waals surface area contributed by atoms with Gasteiger partial charge in [-0.05, 0) is 31.5 Å². The number of benzene rings is 1. The number of methoxy groups -OCH3 is 1. The predicted molar refractivity (Wildman–Crippen MR) is 65.6 cm³/mol. The third-order valence-corrected chi connectivity index (χ3v) is 2.80. The number of halogens is 1. The molecule has 0 saturated heterocycles. The summed E-state index contributed by atoms with van der Waals surface area (Å²) in [5, 5.41) is 13.0. The Morgan fingerprint density at radius 3 is 2.76 bits per heavy atom. The zero-order valence-corrected chi connectivity index (χ0v) is 10.5. The Labute approximate surface area is 102 Å². The maximum atomic E-state index is 13.1. The van der Waals surface area contributed by atoms with Gasteiger partial charge in [-0.25, -0.2) is 4.39 Å². The van der Waals surface area contributed by atoms with Crippen LogP contribution in [0.3, 0.4) is 0 Å². The third-order valence-electron chi connectivity index (χ3n) is 2.80. The minimum Gasteiger partial charge on any atom is -0.508 e. The summed E-state index contributed by atoms with van der Waals surface area (Å²) >= 11 is 0. The molecule has 3 nitrogen and oxygen atoms in total. The van der Waals surface area contributed by atoms with Crippen molar-refractivity contribution in [1.82, 2.24) is 5.32 Å². The molecule has 17 heavy (non-hydrogen) atoms. The van der Waals surface area contributed by atoms with E-state index in [-0.39, 0.29) is 23.7 Å². The summed E-state index contributed by atoms with van der Waals surface area (Å²) in [6.07, 6.45) is 0.911. The summed E-state index contributed by atoms with van der Waals surface area (Å²) in [5.74, 6) is -0.232. The van der Waals surface area contributed by atoms with Crippen molar-refractivity contribution in [3.63, 3.8) is 0 Å². The van der Waals surface area contributed by atoms with E-state index in [9.17, 15) is 9.50 Å². The second-order valence-corrected chi connectivity index (χ2v) is 4.15. The highest BCUT2D eigenvalue weighted by Crippen LogP contribution is 2.25. The first-order valence-corrected chi connectivity index (χ1v) is 5.81. The summed E-state index contributed by atoms with van der Waals surface area (Å²) in [6.45, 7) is 4.54. The lowest BCUT2D eigenvalue weighted by molar-refractivity contribution is 0.159. The van der Waals surface area contributed by atoms with Crippen LogP contribution in [0.5, 0.6) is 5.75 Å². The van der Waals surface area contributed by atoms with Crippen LogP contribution in [0, 0.1) is 5.82 Å². The number of nitrogens with one attached hydrogen (secondary N) is 1. The van der Waals surface area contributed by atoms with Crippen molar-refractivity contribution in [2.75, 3.05) is 13.7 Å². The second kappa shape index (κ2) is 6.57. The number of rotatable bonds is 6. The number of hydrogen-bond donors (Lipinski definition) is 2. The second-order valence-electron chi connectivity index (χ2n) is 4.15. The predicted octanol–water partition coefficient (Wildman–Crippen LogP) is 2.61. The summed E-state index contributed by atoms with van der Waals surface area (Å²) in [4.78, 5) is 0. The lowest BCUT2D eigenvalue weighted by Crippen LogP contribution is -2.34. The molecule has 2 unspecified atom stereocenters. The van der Waals surface area contributed by atoms with Crippen molar-refractivity contribution < 1.29 is 14.2 Å². The van der Waals surface area contributed by atoms with E-state index in [4.69, 9.17) is 4.74 Å². The van der Waals surface area contributed by atoms with Crippen LogP contribution in [0.25, 0.3) is 0 Å². The van der Waals surface area contributed by atoms with Crippen LogP contribution in [-0.4, -0.2) is 24.9 Å². The molecule has 0 amide bonds. The Bertz CT molecular complexity index is 357. The molecule has 1 rings (SSSR count). The number of ether oxygens (including phenoxy) is 1. The molecule has 0 bridgehead atoms. The molecule has 2 N–H and O–H groups in total. The maximum Gasteiger partial charge on any atom is 0.123 e. The van der Waals surface area contributed by atoms with Gasteiger partial charge in [-0.15, -0.1) is 0 Å². The van der Waals surface area contributed by atoms with Crippen molar-refractivity contribution in [2.45, 2.75) is 32.4 Å². The Morgan fingerprint density at radius 2 is 2.18 bits per heavy atom. The molecular weight excluding hydrogens is 221 g/mol. The largest absolute Gasteiger partial charge is 0.508 e. The van der Waals surface area contributed by atoms with E-state index in [2.05, 4.69) is 12.2 Å². The SMILES string of the molecule is CCC(COC)NC(C)c1cc(F)ccc1O. The fraction of sp³-hybridized carbons (Fsp3) is 0.538. The van der Waals surface area contributed by atoms with Crippen LogP contribution >= 0.6 is 0 Å². The van der Waals surface area contributed by atoms with Crippen LogP contribution in [0.2, 0.25) is 0 Å². The molecule has 0 aliphatic carbocycles. The highest BCUT2D eigenvalue weighted by atomic mass is 19.1. The van der Waals surface area contributed by atoms with Gasteiger partial charge in [-0.3, -0.25) is 0 Å². The first-order chi connectivity index (χ1) is 8.08. The summed E-state index contributed by atoms with van der Waals surface area (Å²) in [7, 11) is 1.65. The monoisotopic (exact) mass is 241 g/mol. The number of aromatic hydroxyl groups is 1. The average Bonchev–Trinajstić information content (AvgIpc) is 2.31. The van der Waals surface area contributed by atoms with E-state index in [1.54, 1.807) is 7.11 Å². The van der Waals surface area contributed by atoms with Gasteiger partial charge >= 0.3 is 0 Å². The van der Waals surface area contributed by atoms with E-state index in [1.807, 2.05) is 6.92 Å². The van der Waals surface area contributed by atoms with E-state index in [0.717, 1.165) is 6.42 Å². The Morgan fingerprint density at radius 1 is 1.47 bits per heavy atom. The molecule has 1 aromatic carbocycles. The molecule has 2 atom stereocenters. The van der Waals surface area contributed by atoms with E-state index in [1.165, 1.54) is 18.2 Å². The third kappa shape index (κ3) is 3.98. The lowest BCUT2D eigenvalue weighted by atomic mass is 10.1. The summed E-state index contributed by atoms with van der Waals surface area (Å²) in [5.41, 5.74) is 0.569. The zero-order chi connectivity index (χ0) is 12.8. The number of hydrogen-bond acceptors (Lipinski definition) is 3. The Hall–Kier alpha value is -1.13. The fourth-order valence-electron chi connectivity index (χ4n) is 1.80. The van der Waals surface area contributed by atoms with Gasteiger partial charge < -0.3 is 15.2 Å². The van der Waals surface area contributed by atoms with Crippen LogP contribution in [0.15, 0.2) is 18.2 Å². The van der Waals surface area contributed by atoms with Gasteiger partial charge in [-0.1, -0.05) is 6.92 Å². The van der Waals surface area contributed by atoms with Gasteiger partial charge in [0, 0.05) is 24.8 Å². The van der Waals surface area contributed by atoms with E-state index >= 15 is 0 Å². The molecule has 0 fully saturated rings. The van der Waals surface area contributed by atoms with Crippen LogP contribution in [-0.2, 0) is 4.74 Å². The van der Waals surface area contributed by atoms with Gasteiger partial charge in [0.1, 0.15) is 11.6 Å². The molecule has 0 radical (unpaired) electrons. The standard InChI is InChI=1S/C13H20FNO2/c1-4-11(8-17-3)15-9(2)12-7-10(14)5-6-13(12)16/h5-7,9,11,15-16H,4,8H2,1-3H3. The Balaban J connectivity index is 2.74. The average molecular weight is 241 g/mol. The highest BCUT2D eigenvalue weighted by molar-refractivity contribution is 5.34. The molecular formula is C13H20FNO2. The van der Waals surface area contributed by atoms with Gasteiger partial charge in [-0.2, -0.15) is 0 Å². The van der Waals surface area contributed by atoms with Crippen molar-refractivity contribution in [3.05, 3.63) is 29.6 Å². The summed E-state index contributed by atoms with van der Waals surface area (Å²) < 4.78 is 18.2. The number of phenolic OH excluding ortho intramolecular Hbond substituents is 1. The molecule has 0 heterocycles. The lowest BCUT2D eigenvalue weighted by Gasteiger charge is -2.22. The molecule has 0 aromatic heterocycles. The smallest absolute Gasteiger partial charge is 0.123 e. The quantitative estimate of drug-likeness (QED) is 0.804. The highest BCUT2D eigenvalue weighted by Gasteiger charge is 2.15. The van der Waals surface area contributed by atoms with E-state index < -0.39 is 0 Å². The maximum absolute atomic E-state index is 13.1. The minimum absolute atomic E-state index is 0.110. The normalized spacial score (nSPS) is 14.6. The van der Waals surface area contributed by atoms with Crippen molar-refractivity contribution in [1.29, 1.82) is 0 Å². The first kappa shape index (κ1) is 13.9. The van der Waals surface area contributed by atoms with Crippen LogP contribution < -0.4 is 5.32 Å².